The first-order valence-corrected chi connectivity index (χ1v) is 4.88. The van der Waals surface area contributed by atoms with Gasteiger partial charge in [0.05, 0.1) is 6.07 Å². The molecule has 0 aromatic heterocycles. The van der Waals surface area contributed by atoms with E-state index in [-0.39, 0.29) is 0 Å². The number of allylic oxidation sites excluding steroid dienone is 8. The first kappa shape index (κ1) is 13.2. The Morgan fingerprint density at radius 2 is 1.87 bits per heavy atom. The molecule has 2 nitrogen and oxygen atoms in total. The van der Waals surface area contributed by atoms with Gasteiger partial charge >= 0.3 is 0 Å². The van der Waals surface area contributed by atoms with Gasteiger partial charge < -0.3 is 5.32 Å². The lowest BCUT2D eigenvalue weighted by Crippen LogP contribution is -2.00. The number of nitriles is 1. The van der Waals surface area contributed by atoms with Crippen molar-refractivity contribution in [3.05, 3.63) is 47.2 Å². The minimum atomic E-state index is 1.07. The molecule has 0 aromatic rings. The summed E-state index contributed by atoms with van der Waals surface area (Å²) >= 11 is 0. The van der Waals surface area contributed by atoms with E-state index in [9.17, 15) is 0 Å². The molecule has 0 atom stereocenters. The van der Waals surface area contributed by atoms with Gasteiger partial charge in [0.2, 0.25) is 0 Å². The lowest BCUT2D eigenvalue weighted by molar-refractivity contribution is 0.990. The summed E-state index contributed by atoms with van der Waals surface area (Å²) in [5.74, 6) is 0. The van der Waals surface area contributed by atoms with E-state index in [2.05, 4.69) is 5.32 Å². The Morgan fingerprint density at radius 1 is 1.20 bits per heavy atom. The molecule has 2 heteroatoms. The van der Waals surface area contributed by atoms with Crippen LogP contribution < -0.4 is 5.32 Å². The third-order valence-corrected chi connectivity index (χ3v) is 1.93. The Bertz CT molecular complexity index is 345. The molecular weight excluding hydrogens is 184 g/mol. The Balaban J connectivity index is 4.67. The molecule has 80 valence electrons. The van der Waals surface area contributed by atoms with Gasteiger partial charge in [-0.25, -0.2) is 0 Å². The highest BCUT2D eigenvalue weighted by atomic mass is 14.8. The molecule has 0 unspecified atom stereocenters. The van der Waals surface area contributed by atoms with E-state index < -0.39 is 0 Å². The zero-order valence-electron chi connectivity index (χ0n) is 9.83. The predicted octanol–water partition coefficient (Wildman–Crippen LogP) is 3.08. The number of nitrogens with zero attached hydrogens (tertiary/aromatic N) is 1. The van der Waals surface area contributed by atoms with Crippen LogP contribution in [0, 0.1) is 11.3 Å². The average Bonchev–Trinajstić information content (AvgIpc) is 2.22. The second kappa shape index (κ2) is 7.64. The van der Waals surface area contributed by atoms with E-state index in [1.807, 2.05) is 58.2 Å². The molecule has 0 saturated heterocycles. The van der Waals surface area contributed by atoms with Gasteiger partial charge in [-0.3, -0.25) is 0 Å². The fourth-order valence-corrected chi connectivity index (χ4v) is 0.895. The summed E-state index contributed by atoms with van der Waals surface area (Å²) < 4.78 is 0. The highest BCUT2D eigenvalue weighted by Crippen LogP contribution is 2.07. The molecular formula is C13H18N2. The number of rotatable bonds is 4. The molecule has 0 aliphatic carbocycles. The van der Waals surface area contributed by atoms with Crippen LogP contribution >= 0.6 is 0 Å². The largest absolute Gasteiger partial charge is 0.392 e. The van der Waals surface area contributed by atoms with E-state index in [1.165, 1.54) is 11.6 Å². The second-order valence-electron chi connectivity index (χ2n) is 3.38. The summed E-state index contributed by atoms with van der Waals surface area (Å²) in [6.45, 7) is 6.05. The van der Waals surface area contributed by atoms with Crippen LogP contribution in [-0.4, -0.2) is 7.05 Å². The third-order valence-electron chi connectivity index (χ3n) is 1.93. The molecule has 0 radical (unpaired) electrons. The summed E-state index contributed by atoms with van der Waals surface area (Å²) in [6.07, 6.45) is 9.25. The first-order valence-electron chi connectivity index (χ1n) is 4.88. The highest BCUT2D eigenvalue weighted by molar-refractivity contribution is 5.37. The molecule has 0 spiro atoms. The lowest BCUT2D eigenvalue weighted by Gasteiger charge is -1.97. The van der Waals surface area contributed by atoms with Crippen LogP contribution in [-0.2, 0) is 0 Å². The van der Waals surface area contributed by atoms with Crippen LogP contribution in [0.15, 0.2) is 47.2 Å². The average molecular weight is 202 g/mol. The van der Waals surface area contributed by atoms with Crippen LogP contribution in [0.3, 0.4) is 0 Å². The van der Waals surface area contributed by atoms with Gasteiger partial charge in [-0.2, -0.15) is 5.26 Å². The van der Waals surface area contributed by atoms with Gasteiger partial charge in [-0.05, 0) is 38.5 Å². The van der Waals surface area contributed by atoms with Crippen molar-refractivity contribution in [3.8, 4) is 6.07 Å². The van der Waals surface area contributed by atoms with Crippen molar-refractivity contribution in [1.29, 1.82) is 5.26 Å². The molecule has 0 rings (SSSR count). The SMILES string of the molecule is CN/C(C)=C/C=C/C(/C=C/C#N)=C(C)C. The maximum absolute atomic E-state index is 8.44. The third kappa shape index (κ3) is 6.34. The second-order valence-corrected chi connectivity index (χ2v) is 3.38. The van der Waals surface area contributed by atoms with Crippen LogP contribution in [0.1, 0.15) is 20.8 Å². The van der Waals surface area contributed by atoms with Crippen molar-refractivity contribution in [2.45, 2.75) is 20.8 Å². The molecule has 1 N–H and O–H groups in total. The monoisotopic (exact) mass is 202 g/mol. The van der Waals surface area contributed by atoms with E-state index >= 15 is 0 Å². The maximum atomic E-state index is 8.44. The summed E-state index contributed by atoms with van der Waals surface area (Å²) in [5, 5.41) is 11.5. The summed E-state index contributed by atoms with van der Waals surface area (Å²) in [6, 6.07) is 1.99. The van der Waals surface area contributed by atoms with Crippen molar-refractivity contribution in [1.82, 2.24) is 5.32 Å². The Labute approximate surface area is 92.3 Å². The molecule has 0 aromatic carbocycles. The van der Waals surface area contributed by atoms with E-state index in [0.29, 0.717) is 0 Å². The van der Waals surface area contributed by atoms with Crippen LogP contribution in [0.25, 0.3) is 0 Å². The van der Waals surface area contributed by atoms with Crippen LogP contribution in [0.5, 0.6) is 0 Å². The molecule has 0 bridgehead atoms. The number of hydrogen-bond donors (Lipinski definition) is 1. The summed E-state index contributed by atoms with van der Waals surface area (Å²) in [7, 11) is 1.89. The molecule has 15 heavy (non-hydrogen) atoms. The quantitative estimate of drug-likeness (QED) is 0.561. The van der Waals surface area contributed by atoms with E-state index in [0.717, 1.165) is 11.3 Å². The minimum absolute atomic E-state index is 1.07. The molecule has 0 aliphatic heterocycles. The molecule has 0 saturated carbocycles. The van der Waals surface area contributed by atoms with Gasteiger partial charge in [0.25, 0.3) is 0 Å². The zero-order chi connectivity index (χ0) is 11.7. The molecule has 0 fully saturated rings. The molecule has 0 heterocycles. The predicted molar refractivity (Wildman–Crippen MR) is 65.1 cm³/mol. The van der Waals surface area contributed by atoms with Gasteiger partial charge in [-0.15, -0.1) is 0 Å². The molecule has 0 amide bonds. The number of nitrogens with one attached hydrogen (secondary N) is 1. The fourth-order valence-electron chi connectivity index (χ4n) is 0.895. The Hall–Kier alpha value is -1.75. The van der Waals surface area contributed by atoms with E-state index in [1.54, 1.807) is 0 Å². The smallest absolute Gasteiger partial charge is 0.0912 e. The standard InChI is InChI=1S/C13H18N2/c1-11(2)13(9-6-10-14)8-5-7-12(3)15-4/h5-9,15H,1-4H3/b8-5+,9-6+,12-7+. The van der Waals surface area contributed by atoms with Crippen molar-refractivity contribution in [2.75, 3.05) is 7.05 Å². The van der Waals surface area contributed by atoms with Crippen molar-refractivity contribution < 1.29 is 0 Å². The zero-order valence-corrected chi connectivity index (χ0v) is 9.83. The first-order chi connectivity index (χ1) is 7.11. The summed E-state index contributed by atoms with van der Waals surface area (Å²) in [5.41, 5.74) is 3.36. The lowest BCUT2D eigenvalue weighted by atomic mass is 10.1. The fraction of sp³-hybridized carbons (Fsp3) is 0.308. The minimum Gasteiger partial charge on any atom is -0.392 e. The van der Waals surface area contributed by atoms with Gasteiger partial charge in [0.1, 0.15) is 0 Å². The van der Waals surface area contributed by atoms with Crippen LogP contribution in [0.2, 0.25) is 0 Å². The topological polar surface area (TPSA) is 35.8 Å². The van der Waals surface area contributed by atoms with E-state index in [4.69, 9.17) is 5.26 Å². The molecule has 0 aliphatic rings. The van der Waals surface area contributed by atoms with Crippen molar-refractivity contribution in [2.24, 2.45) is 0 Å². The Kier molecular flexibility index (Phi) is 6.74. The normalized spacial score (nSPS) is 11.8. The van der Waals surface area contributed by atoms with Crippen molar-refractivity contribution in [3.63, 3.8) is 0 Å². The maximum Gasteiger partial charge on any atom is 0.0912 e. The van der Waals surface area contributed by atoms with Crippen molar-refractivity contribution >= 4 is 0 Å². The number of hydrogen-bond acceptors (Lipinski definition) is 2. The van der Waals surface area contributed by atoms with Gasteiger partial charge in [0, 0.05) is 18.8 Å². The summed E-state index contributed by atoms with van der Waals surface area (Å²) in [4.78, 5) is 0. The highest BCUT2D eigenvalue weighted by Gasteiger charge is 1.88. The van der Waals surface area contributed by atoms with Gasteiger partial charge in [0.15, 0.2) is 0 Å². The van der Waals surface area contributed by atoms with Gasteiger partial charge in [-0.1, -0.05) is 17.7 Å². The Morgan fingerprint density at radius 3 is 2.33 bits per heavy atom. The van der Waals surface area contributed by atoms with Crippen LogP contribution in [0.4, 0.5) is 0 Å².